The van der Waals surface area contributed by atoms with Crippen LogP contribution in [0.15, 0.2) is 0 Å². The number of nitrogens with one attached hydrogen (secondary N) is 2. The lowest BCUT2D eigenvalue weighted by Crippen LogP contribution is -2.67. The van der Waals surface area contributed by atoms with Gasteiger partial charge in [-0.1, -0.05) is 0 Å². The molecule has 10 N–H and O–H groups in total. The topological polar surface area (TPSA) is 221 Å². The molecular formula is C13H24N2O11. The van der Waals surface area contributed by atoms with Crippen LogP contribution in [-0.4, -0.2) is 121 Å². The summed E-state index contributed by atoms with van der Waals surface area (Å²) in [5.41, 5.74) is 0. The van der Waals surface area contributed by atoms with Crippen LogP contribution in [0.25, 0.3) is 0 Å². The second-order valence-corrected chi connectivity index (χ2v) is 6.12. The second kappa shape index (κ2) is 8.71. The van der Waals surface area contributed by atoms with E-state index in [4.69, 9.17) is 19.7 Å². The highest BCUT2D eigenvalue weighted by Crippen LogP contribution is 2.21. The molecule has 0 bridgehead atoms. The Labute approximate surface area is 147 Å². The highest BCUT2D eigenvalue weighted by atomic mass is 16.6. The van der Waals surface area contributed by atoms with Gasteiger partial charge in [0.05, 0.1) is 13.2 Å². The molecule has 2 rings (SSSR count). The third-order valence-corrected chi connectivity index (χ3v) is 4.33. The molecule has 10 atom stereocenters. The number of aliphatic hydroxyl groups excluding tert-OH is 8. The van der Waals surface area contributed by atoms with Gasteiger partial charge in [-0.05, 0) is 0 Å². The Morgan fingerprint density at radius 1 is 0.654 bits per heavy atom. The maximum absolute atomic E-state index is 12.0. The Balaban J connectivity index is 1.97. The van der Waals surface area contributed by atoms with Crippen molar-refractivity contribution in [1.82, 2.24) is 10.6 Å². The molecule has 152 valence electrons. The van der Waals surface area contributed by atoms with Crippen molar-refractivity contribution in [2.75, 3.05) is 13.2 Å². The molecule has 2 heterocycles. The van der Waals surface area contributed by atoms with Crippen LogP contribution in [-0.2, 0) is 9.47 Å². The Morgan fingerprint density at radius 2 is 1.00 bits per heavy atom. The van der Waals surface area contributed by atoms with E-state index in [1.54, 1.807) is 0 Å². The first kappa shape index (κ1) is 21.2. The van der Waals surface area contributed by atoms with E-state index in [1.165, 1.54) is 0 Å². The zero-order valence-electron chi connectivity index (χ0n) is 13.5. The van der Waals surface area contributed by atoms with E-state index < -0.39 is 80.5 Å². The van der Waals surface area contributed by atoms with Gasteiger partial charge < -0.3 is 61.0 Å². The normalized spacial score (nSPS) is 46.6. The molecule has 0 aromatic heterocycles. The highest BCUT2D eigenvalue weighted by molar-refractivity contribution is 5.74. The third kappa shape index (κ3) is 4.23. The molecule has 2 amide bonds. The lowest BCUT2D eigenvalue weighted by molar-refractivity contribution is -0.237. The molecule has 2 saturated heterocycles. The van der Waals surface area contributed by atoms with Crippen LogP contribution in [0.5, 0.6) is 0 Å². The zero-order chi connectivity index (χ0) is 19.6. The van der Waals surface area contributed by atoms with Crippen molar-refractivity contribution < 1.29 is 55.1 Å². The number of ether oxygens (including phenoxy) is 2. The number of aliphatic hydroxyl groups is 8. The first-order valence-corrected chi connectivity index (χ1v) is 7.89. The van der Waals surface area contributed by atoms with Crippen molar-refractivity contribution in [2.24, 2.45) is 0 Å². The summed E-state index contributed by atoms with van der Waals surface area (Å²) in [5.74, 6) is 0. The fourth-order valence-electron chi connectivity index (χ4n) is 2.74. The summed E-state index contributed by atoms with van der Waals surface area (Å²) >= 11 is 0. The van der Waals surface area contributed by atoms with Gasteiger partial charge in [0, 0.05) is 0 Å². The van der Waals surface area contributed by atoms with Gasteiger partial charge in [0.25, 0.3) is 0 Å². The fraction of sp³-hybridized carbons (Fsp3) is 0.923. The van der Waals surface area contributed by atoms with Crippen molar-refractivity contribution in [3.05, 3.63) is 0 Å². The summed E-state index contributed by atoms with van der Waals surface area (Å²) in [6.07, 6.45) is -15.5. The molecule has 13 nitrogen and oxygen atoms in total. The quantitative estimate of drug-likeness (QED) is 0.220. The molecule has 2 fully saturated rings. The summed E-state index contributed by atoms with van der Waals surface area (Å²) < 4.78 is 10.2. The van der Waals surface area contributed by atoms with E-state index in [-0.39, 0.29) is 0 Å². The summed E-state index contributed by atoms with van der Waals surface area (Å²) in [6, 6.07) is -1.06. The smallest absolute Gasteiger partial charge is 0.318 e. The summed E-state index contributed by atoms with van der Waals surface area (Å²) in [5, 5.41) is 80.7. The van der Waals surface area contributed by atoms with Crippen LogP contribution >= 0.6 is 0 Å². The average molecular weight is 384 g/mol. The molecule has 2 aliphatic heterocycles. The number of carbonyl (C=O) groups excluding carboxylic acids is 1. The number of hydrogen-bond acceptors (Lipinski definition) is 11. The first-order chi connectivity index (χ1) is 12.2. The second-order valence-electron chi connectivity index (χ2n) is 6.12. The molecule has 0 saturated carbocycles. The number of hydrogen-bond donors (Lipinski definition) is 10. The summed E-state index contributed by atoms with van der Waals surface area (Å²) in [7, 11) is 0. The molecule has 0 aromatic carbocycles. The molecule has 13 heteroatoms. The van der Waals surface area contributed by atoms with Crippen LogP contribution in [0.3, 0.4) is 0 Å². The van der Waals surface area contributed by atoms with E-state index in [2.05, 4.69) is 10.6 Å². The van der Waals surface area contributed by atoms with Crippen LogP contribution in [0.4, 0.5) is 4.79 Å². The number of carbonyl (C=O) groups is 1. The van der Waals surface area contributed by atoms with Gasteiger partial charge in [0.15, 0.2) is 12.5 Å². The maximum atomic E-state index is 12.0. The predicted molar refractivity (Wildman–Crippen MR) is 79.2 cm³/mol. The van der Waals surface area contributed by atoms with E-state index in [0.29, 0.717) is 0 Å². The average Bonchev–Trinajstić information content (AvgIpc) is 2.62. The van der Waals surface area contributed by atoms with Crippen molar-refractivity contribution in [2.45, 2.75) is 61.3 Å². The standard InChI is InChI=1S/C13H24N2O11/c16-1-3-5(18)7(20)9(22)11(25-3)14-13(24)15-12-10(23)8(21)6(19)4(2-17)26-12/h3-12,16-23H,1-2H2,(H2,14,15,24)/t3-,4-,5-,6-,7+,8+,9+,10+,11?,12?/m1/s1. The molecule has 26 heavy (non-hydrogen) atoms. The van der Waals surface area contributed by atoms with Gasteiger partial charge in [0.1, 0.15) is 48.8 Å². The van der Waals surface area contributed by atoms with Gasteiger partial charge in [-0.15, -0.1) is 0 Å². The minimum atomic E-state index is -1.71. The lowest BCUT2D eigenvalue weighted by atomic mass is 9.98. The van der Waals surface area contributed by atoms with E-state index in [1.807, 2.05) is 0 Å². The van der Waals surface area contributed by atoms with Gasteiger partial charge in [0.2, 0.25) is 0 Å². The monoisotopic (exact) mass is 384 g/mol. The Bertz CT molecular complexity index is 439. The minimum Gasteiger partial charge on any atom is -0.394 e. The first-order valence-electron chi connectivity index (χ1n) is 7.89. The molecule has 0 aromatic rings. The highest BCUT2D eigenvalue weighted by Gasteiger charge is 2.46. The van der Waals surface area contributed by atoms with Crippen molar-refractivity contribution in [1.29, 1.82) is 0 Å². The lowest BCUT2D eigenvalue weighted by Gasteiger charge is -2.41. The number of rotatable bonds is 4. The molecule has 0 spiro atoms. The zero-order valence-corrected chi connectivity index (χ0v) is 13.5. The van der Waals surface area contributed by atoms with Gasteiger partial charge in [-0.2, -0.15) is 0 Å². The molecular weight excluding hydrogens is 360 g/mol. The molecule has 0 radical (unpaired) electrons. The summed E-state index contributed by atoms with van der Waals surface area (Å²) in [4.78, 5) is 12.0. The SMILES string of the molecule is O=C(NC1O[C@H](CO)[C@@H](O)[C@H](O)[C@@H]1O)NC1O[C@H](CO)[C@@H](O)[C@H](O)[C@@H]1O. The minimum absolute atomic E-state index is 0.683. The maximum Gasteiger partial charge on any atom is 0.318 e. The van der Waals surface area contributed by atoms with Crippen molar-refractivity contribution in [3.63, 3.8) is 0 Å². The summed E-state index contributed by atoms with van der Waals surface area (Å²) in [6.45, 7) is -1.37. The largest absolute Gasteiger partial charge is 0.394 e. The third-order valence-electron chi connectivity index (χ3n) is 4.33. The van der Waals surface area contributed by atoms with Crippen molar-refractivity contribution in [3.8, 4) is 0 Å². The number of amides is 2. The number of urea groups is 1. The van der Waals surface area contributed by atoms with Crippen LogP contribution in [0.2, 0.25) is 0 Å². The Hall–Kier alpha value is -1.13. The Kier molecular flexibility index (Phi) is 7.09. The fourth-order valence-corrected chi connectivity index (χ4v) is 2.74. The molecule has 2 aliphatic rings. The van der Waals surface area contributed by atoms with Crippen LogP contribution in [0, 0.1) is 0 Å². The predicted octanol–water partition coefficient (Wildman–Crippen LogP) is -6.11. The van der Waals surface area contributed by atoms with Crippen LogP contribution < -0.4 is 10.6 Å². The van der Waals surface area contributed by atoms with Crippen molar-refractivity contribution >= 4 is 6.03 Å². The van der Waals surface area contributed by atoms with E-state index in [0.717, 1.165) is 0 Å². The Morgan fingerprint density at radius 3 is 1.31 bits per heavy atom. The van der Waals surface area contributed by atoms with E-state index >= 15 is 0 Å². The van der Waals surface area contributed by atoms with Gasteiger partial charge in [-0.3, -0.25) is 0 Å². The molecule has 0 aliphatic carbocycles. The van der Waals surface area contributed by atoms with Crippen LogP contribution in [0.1, 0.15) is 0 Å². The van der Waals surface area contributed by atoms with Gasteiger partial charge >= 0.3 is 6.03 Å². The van der Waals surface area contributed by atoms with E-state index in [9.17, 15) is 35.4 Å². The van der Waals surface area contributed by atoms with Gasteiger partial charge in [-0.25, -0.2) is 4.79 Å². The molecule has 2 unspecified atom stereocenters.